The predicted molar refractivity (Wildman–Crippen MR) is 113 cm³/mol. The first-order valence-electron chi connectivity index (χ1n) is 9.78. The standard InChI is InChI=1S/C21H29N3O3S/c1-13(15-10-11-17(26-3)18(12-15)27-4)22-20(25)19-14(2)23-21(28-19)24-16-8-6-5-7-9-16/h10-13,16H,5-9H2,1-4H3,(H,22,25)(H,23,24)/t13-/m0/s1. The van der Waals surface area contributed by atoms with Gasteiger partial charge in [0.25, 0.3) is 5.91 Å². The highest BCUT2D eigenvalue weighted by molar-refractivity contribution is 7.17. The minimum Gasteiger partial charge on any atom is -0.493 e. The molecule has 1 atom stereocenters. The maximum Gasteiger partial charge on any atom is 0.263 e. The molecule has 1 amide bonds. The van der Waals surface area contributed by atoms with Crippen LogP contribution in [0, 0.1) is 6.92 Å². The van der Waals surface area contributed by atoms with Crippen molar-refractivity contribution in [3.05, 3.63) is 34.3 Å². The van der Waals surface area contributed by atoms with Gasteiger partial charge in [-0.2, -0.15) is 0 Å². The summed E-state index contributed by atoms with van der Waals surface area (Å²) >= 11 is 1.43. The highest BCUT2D eigenvalue weighted by Crippen LogP contribution is 2.31. The molecule has 152 valence electrons. The Morgan fingerprint density at radius 3 is 2.57 bits per heavy atom. The summed E-state index contributed by atoms with van der Waals surface area (Å²) in [5.41, 5.74) is 1.72. The molecule has 1 fully saturated rings. The minimum absolute atomic E-state index is 0.103. The fraction of sp³-hybridized carbons (Fsp3) is 0.524. The van der Waals surface area contributed by atoms with Gasteiger partial charge in [0.1, 0.15) is 4.88 Å². The van der Waals surface area contributed by atoms with Crippen molar-refractivity contribution in [1.82, 2.24) is 10.3 Å². The fourth-order valence-corrected chi connectivity index (χ4v) is 4.50. The summed E-state index contributed by atoms with van der Waals surface area (Å²) in [6.45, 7) is 3.84. The molecule has 0 radical (unpaired) electrons. The largest absolute Gasteiger partial charge is 0.493 e. The van der Waals surface area contributed by atoms with Gasteiger partial charge < -0.3 is 20.1 Å². The molecule has 7 heteroatoms. The number of hydrogen-bond acceptors (Lipinski definition) is 6. The molecule has 1 aliphatic rings. The van der Waals surface area contributed by atoms with Gasteiger partial charge in [0.05, 0.1) is 26.0 Å². The van der Waals surface area contributed by atoms with E-state index in [1.807, 2.05) is 32.0 Å². The van der Waals surface area contributed by atoms with Gasteiger partial charge in [0.2, 0.25) is 0 Å². The number of ether oxygens (including phenoxy) is 2. The smallest absolute Gasteiger partial charge is 0.263 e. The van der Waals surface area contributed by atoms with Crippen LogP contribution in [-0.2, 0) is 0 Å². The molecule has 0 aliphatic heterocycles. The summed E-state index contributed by atoms with van der Waals surface area (Å²) in [5, 5.41) is 7.41. The molecule has 28 heavy (non-hydrogen) atoms. The number of thiazole rings is 1. The first-order valence-corrected chi connectivity index (χ1v) is 10.6. The van der Waals surface area contributed by atoms with Crippen molar-refractivity contribution in [3.8, 4) is 11.5 Å². The number of amides is 1. The summed E-state index contributed by atoms with van der Waals surface area (Å²) in [6, 6.07) is 5.98. The van der Waals surface area contributed by atoms with Crippen molar-refractivity contribution in [1.29, 1.82) is 0 Å². The number of nitrogens with one attached hydrogen (secondary N) is 2. The Morgan fingerprint density at radius 1 is 1.18 bits per heavy atom. The van der Waals surface area contributed by atoms with Crippen molar-refractivity contribution in [2.24, 2.45) is 0 Å². The van der Waals surface area contributed by atoms with Crippen LogP contribution in [0.4, 0.5) is 5.13 Å². The molecule has 1 aromatic carbocycles. The average molecular weight is 404 g/mol. The van der Waals surface area contributed by atoms with E-state index in [2.05, 4.69) is 15.6 Å². The van der Waals surface area contributed by atoms with E-state index in [1.165, 1.54) is 43.4 Å². The molecule has 1 saturated carbocycles. The molecule has 1 heterocycles. The maximum atomic E-state index is 12.8. The SMILES string of the molecule is COc1ccc([C@H](C)NC(=O)c2sc(NC3CCCCC3)nc2C)cc1OC. The quantitative estimate of drug-likeness (QED) is 0.701. The van der Waals surface area contributed by atoms with Gasteiger partial charge in [-0.05, 0) is 44.4 Å². The maximum absolute atomic E-state index is 12.8. The van der Waals surface area contributed by atoms with Gasteiger partial charge in [0.15, 0.2) is 16.6 Å². The van der Waals surface area contributed by atoms with E-state index in [9.17, 15) is 4.79 Å². The van der Waals surface area contributed by atoms with Crippen molar-refractivity contribution in [2.75, 3.05) is 19.5 Å². The van der Waals surface area contributed by atoms with E-state index in [1.54, 1.807) is 14.2 Å². The van der Waals surface area contributed by atoms with E-state index >= 15 is 0 Å². The van der Waals surface area contributed by atoms with Gasteiger partial charge in [-0.15, -0.1) is 0 Å². The number of carbonyl (C=O) groups is 1. The number of nitrogens with zero attached hydrogens (tertiary/aromatic N) is 1. The van der Waals surface area contributed by atoms with E-state index in [0.29, 0.717) is 22.4 Å². The highest BCUT2D eigenvalue weighted by atomic mass is 32.1. The summed E-state index contributed by atoms with van der Waals surface area (Å²) in [5.74, 6) is 1.21. The third-order valence-electron chi connectivity index (χ3n) is 5.19. The second kappa shape index (κ2) is 9.28. The Balaban J connectivity index is 1.67. The van der Waals surface area contributed by atoms with Crippen LogP contribution in [0.1, 0.15) is 66.0 Å². The average Bonchev–Trinajstić information content (AvgIpc) is 3.08. The first kappa shape index (κ1) is 20.5. The van der Waals surface area contributed by atoms with E-state index in [4.69, 9.17) is 9.47 Å². The third-order valence-corrected chi connectivity index (χ3v) is 6.28. The number of hydrogen-bond donors (Lipinski definition) is 2. The van der Waals surface area contributed by atoms with Gasteiger partial charge in [-0.3, -0.25) is 4.79 Å². The molecular formula is C21H29N3O3S. The topological polar surface area (TPSA) is 72.5 Å². The lowest BCUT2D eigenvalue weighted by Gasteiger charge is -2.22. The monoisotopic (exact) mass is 403 g/mol. The lowest BCUT2D eigenvalue weighted by molar-refractivity contribution is 0.0943. The van der Waals surface area contributed by atoms with Gasteiger partial charge >= 0.3 is 0 Å². The van der Waals surface area contributed by atoms with Crippen molar-refractivity contribution in [3.63, 3.8) is 0 Å². The molecule has 0 unspecified atom stereocenters. The molecule has 1 aromatic heterocycles. The zero-order valence-electron chi connectivity index (χ0n) is 17.0. The lowest BCUT2D eigenvalue weighted by atomic mass is 9.96. The number of aromatic nitrogens is 1. The van der Waals surface area contributed by atoms with Crippen molar-refractivity contribution >= 4 is 22.4 Å². The van der Waals surface area contributed by atoms with Crippen LogP contribution >= 0.6 is 11.3 Å². The second-order valence-corrected chi connectivity index (χ2v) is 8.22. The van der Waals surface area contributed by atoms with Gasteiger partial charge in [0, 0.05) is 6.04 Å². The highest BCUT2D eigenvalue weighted by Gasteiger charge is 2.21. The number of aryl methyl sites for hydroxylation is 1. The fourth-order valence-electron chi connectivity index (χ4n) is 3.56. The summed E-state index contributed by atoms with van der Waals surface area (Å²) in [7, 11) is 3.21. The molecule has 0 saturated heterocycles. The van der Waals surface area contributed by atoms with Crippen LogP contribution in [0.15, 0.2) is 18.2 Å². The Morgan fingerprint density at radius 2 is 1.89 bits per heavy atom. The molecule has 3 rings (SSSR count). The van der Waals surface area contributed by atoms with E-state index < -0.39 is 0 Å². The number of methoxy groups -OCH3 is 2. The van der Waals surface area contributed by atoms with Crippen LogP contribution in [0.5, 0.6) is 11.5 Å². The first-order chi connectivity index (χ1) is 13.5. The van der Waals surface area contributed by atoms with Crippen LogP contribution in [0.3, 0.4) is 0 Å². The minimum atomic E-state index is -0.163. The van der Waals surface area contributed by atoms with Crippen LogP contribution < -0.4 is 20.1 Å². The van der Waals surface area contributed by atoms with E-state index in [-0.39, 0.29) is 11.9 Å². The summed E-state index contributed by atoms with van der Waals surface area (Å²) in [6.07, 6.45) is 6.19. The summed E-state index contributed by atoms with van der Waals surface area (Å²) in [4.78, 5) is 18.0. The molecular weight excluding hydrogens is 374 g/mol. The molecule has 6 nitrogen and oxygen atoms in total. The molecule has 2 aromatic rings. The number of rotatable bonds is 7. The molecule has 0 bridgehead atoms. The summed E-state index contributed by atoms with van der Waals surface area (Å²) < 4.78 is 10.6. The molecule has 0 spiro atoms. The van der Waals surface area contributed by atoms with Gasteiger partial charge in [-0.25, -0.2) is 4.98 Å². The zero-order chi connectivity index (χ0) is 20.1. The zero-order valence-corrected chi connectivity index (χ0v) is 17.8. The van der Waals surface area contributed by atoms with Crippen LogP contribution in [-0.4, -0.2) is 31.2 Å². The predicted octanol–water partition coefficient (Wildman–Crippen LogP) is 4.70. The molecule has 1 aliphatic carbocycles. The number of anilines is 1. The van der Waals surface area contributed by atoms with Crippen molar-refractivity contribution < 1.29 is 14.3 Å². The Labute approximate surface area is 170 Å². The second-order valence-electron chi connectivity index (χ2n) is 7.22. The van der Waals surface area contributed by atoms with Crippen molar-refractivity contribution in [2.45, 2.75) is 58.0 Å². The van der Waals surface area contributed by atoms with Crippen LogP contribution in [0.2, 0.25) is 0 Å². The number of benzene rings is 1. The Hall–Kier alpha value is -2.28. The number of carbonyl (C=O) groups excluding carboxylic acids is 1. The normalized spacial score (nSPS) is 15.7. The van der Waals surface area contributed by atoms with E-state index in [0.717, 1.165) is 16.4 Å². The lowest BCUT2D eigenvalue weighted by Crippen LogP contribution is -2.26. The Kier molecular flexibility index (Phi) is 6.78. The third kappa shape index (κ3) is 4.76. The Bertz CT molecular complexity index is 815. The molecule has 2 N–H and O–H groups in total. The van der Waals surface area contributed by atoms with Gasteiger partial charge in [-0.1, -0.05) is 36.7 Å². The van der Waals surface area contributed by atoms with Crippen LogP contribution in [0.25, 0.3) is 0 Å².